The minimum absolute atomic E-state index is 0.206. The molecule has 0 unspecified atom stereocenters. The van der Waals surface area contributed by atoms with Gasteiger partial charge in [-0.2, -0.15) is 0 Å². The molecule has 0 fully saturated rings. The van der Waals surface area contributed by atoms with Gasteiger partial charge < -0.3 is 5.73 Å². The molecular weight excluding hydrogens is 246 g/mol. The molecule has 0 aliphatic carbocycles. The predicted molar refractivity (Wildman–Crippen MR) is 83.8 cm³/mol. The van der Waals surface area contributed by atoms with Crippen LogP contribution in [0.25, 0.3) is 11.3 Å². The van der Waals surface area contributed by atoms with Crippen LogP contribution < -0.4 is 5.73 Å². The van der Waals surface area contributed by atoms with Crippen molar-refractivity contribution in [1.82, 2.24) is 9.97 Å². The van der Waals surface area contributed by atoms with Gasteiger partial charge >= 0.3 is 0 Å². The summed E-state index contributed by atoms with van der Waals surface area (Å²) in [5.74, 6) is 0.803. The van der Waals surface area contributed by atoms with Crippen LogP contribution in [-0.4, -0.2) is 16.5 Å². The molecule has 106 valence electrons. The summed E-state index contributed by atoms with van der Waals surface area (Å²) in [5.41, 5.74) is 11.6. The molecule has 2 rings (SSSR count). The van der Waals surface area contributed by atoms with Gasteiger partial charge in [-0.3, -0.25) is 0 Å². The van der Waals surface area contributed by atoms with Crippen LogP contribution in [0.2, 0.25) is 0 Å². The Labute approximate surface area is 121 Å². The number of hydrogen-bond donors (Lipinski definition) is 1. The highest BCUT2D eigenvalue weighted by molar-refractivity contribution is 5.68. The van der Waals surface area contributed by atoms with Crippen LogP contribution in [-0.2, 0) is 5.41 Å². The minimum atomic E-state index is -0.206. The molecule has 0 saturated heterocycles. The Balaban J connectivity index is 2.58. The van der Waals surface area contributed by atoms with E-state index >= 15 is 0 Å². The quantitative estimate of drug-likeness (QED) is 0.930. The van der Waals surface area contributed by atoms with Gasteiger partial charge in [-0.1, -0.05) is 31.5 Å². The molecule has 0 bridgehead atoms. The Hall–Kier alpha value is -1.74. The van der Waals surface area contributed by atoms with Crippen LogP contribution in [0.4, 0.5) is 0 Å². The molecule has 2 aromatic rings. The molecule has 20 heavy (non-hydrogen) atoms. The Morgan fingerprint density at radius 1 is 1.10 bits per heavy atom. The van der Waals surface area contributed by atoms with Gasteiger partial charge in [0.25, 0.3) is 0 Å². The molecule has 0 atom stereocenters. The normalized spacial score (nSPS) is 11.7. The summed E-state index contributed by atoms with van der Waals surface area (Å²) in [6.45, 7) is 11.0. The molecule has 0 saturated carbocycles. The lowest BCUT2D eigenvalue weighted by atomic mass is 9.92. The van der Waals surface area contributed by atoms with Crippen LogP contribution in [0.5, 0.6) is 0 Å². The van der Waals surface area contributed by atoms with Gasteiger partial charge in [-0.15, -0.1) is 0 Å². The summed E-state index contributed by atoms with van der Waals surface area (Å²) in [7, 11) is 0. The first kappa shape index (κ1) is 14.7. The highest BCUT2D eigenvalue weighted by Gasteiger charge is 2.22. The van der Waals surface area contributed by atoms with Crippen LogP contribution in [0.3, 0.4) is 0 Å². The summed E-state index contributed by atoms with van der Waals surface area (Å²) in [5, 5.41) is 0. The first-order valence-corrected chi connectivity index (χ1v) is 6.97. The lowest BCUT2D eigenvalue weighted by Crippen LogP contribution is -2.30. The molecule has 3 nitrogen and oxygen atoms in total. The average Bonchev–Trinajstić information content (AvgIpc) is 2.38. The summed E-state index contributed by atoms with van der Waals surface area (Å²) in [4.78, 5) is 9.14. The smallest absolute Gasteiger partial charge is 0.135 e. The number of aryl methyl sites for hydroxylation is 3. The van der Waals surface area contributed by atoms with E-state index in [1.165, 1.54) is 22.3 Å². The van der Waals surface area contributed by atoms with Crippen molar-refractivity contribution in [3.63, 3.8) is 0 Å². The van der Waals surface area contributed by atoms with Gasteiger partial charge in [0.2, 0.25) is 0 Å². The lowest BCUT2D eigenvalue weighted by Gasteiger charge is -2.21. The van der Waals surface area contributed by atoms with E-state index in [0.29, 0.717) is 6.54 Å². The van der Waals surface area contributed by atoms with Crippen LogP contribution in [0, 0.1) is 20.8 Å². The summed E-state index contributed by atoms with van der Waals surface area (Å²) in [6, 6.07) is 6.36. The van der Waals surface area contributed by atoms with Crippen molar-refractivity contribution in [2.24, 2.45) is 5.73 Å². The number of hydrogen-bond acceptors (Lipinski definition) is 3. The van der Waals surface area contributed by atoms with Crippen LogP contribution in [0.1, 0.15) is 36.4 Å². The van der Waals surface area contributed by atoms with Gasteiger partial charge in [0, 0.05) is 23.7 Å². The van der Waals surface area contributed by atoms with E-state index in [1.54, 1.807) is 0 Å². The maximum absolute atomic E-state index is 5.83. The zero-order valence-electron chi connectivity index (χ0n) is 13.0. The second kappa shape index (κ2) is 5.33. The third kappa shape index (κ3) is 2.73. The molecule has 1 aromatic heterocycles. The average molecular weight is 269 g/mol. The van der Waals surface area contributed by atoms with Crippen LogP contribution >= 0.6 is 0 Å². The second-order valence-electron chi connectivity index (χ2n) is 6.13. The third-order valence-corrected chi connectivity index (χ3v) is 3.70. The first-order valence-electron chi connectivity index (χ1n) is 6.97. The summed E-state index contributed by atoms with van der Waals surface area (Å²) < 4.78 is 0. The number of nitrogens with two attached hydrogens (primary N) is 1. The molecule has 1 aromatic carbocycles. The molecule has 1 heterocycles. The largest absolute Gasteiger partial charge is 0.329 e. The van der Waals surface area contributed by atoms with E-state index in [2.05, 4.69) is 51.7 Å². The van der Waals surface area contributed by atoms with Crippen LogP contribution in [0.15, 0.2) is 24.4 Å². The molecule has 0 spiro atoms. The molecule has 0 radical (unpaired) electrons. The standard InChI is InChI=1S/C17H23N3/c1-11-8-12(2)15(13(3)9-11)14-6-7-19-16(20-14)17(4,5)10-18/h6-9H,10,18H2,1-5H3. The topological polar surface area (TPSA) is 51.8 Å². The zero-order chi connectivity index (χ0) is 14.9. The Morgan fingerprint density at radius 3 is 2.25 bits per heavy atom. The van der Waals surface area contributed by atoms with Crippen molar-refractivity contribution in [2.45, 2.75) is 40.0 Å². The molecule has 0 aliphatic heterocycles. The molecule has 0 amide bonds. The van der Waals surface area contributed by atoms with Crippen molar-refractivity contribution < 1.29 is 0 Å². The Kier molecular flexibility index (Phi) is 3.91. The highest BCUT2D eigenvalue weighted by Crippen LogP contribution is 2.28. The van der Waals surface area contributed by atoms with Gasteiger partial charge in [0.15, 0.2) is 0 Å². The third-order valence-electron chi connectivity index (χ3n) is 3.70. The van der Waals surface area contributed by atoms with E-state index in [-0.39, 0.29) is 5.41 Å². The van der Waals surface area contributed by atoms with Gasteiger partial charge in [-0.05, 0) is 38.0 Å². The van der Waals surface area contributed by atoms with Crippen molar-refractivity contribution in [1.29, 1.82) is 0 Å². The second-order valence-corrected chi connectivity index (χ2v) is 6.13. The fourth-order valence-corrected chi connectivity index (χ4v) is 2.50. The number of nitrogens with zero attached hydrogens (tertiary/aromatic N) is 2. The number of benzene rings is 1. The molecule has 2 N–H and O–H groups in total. The highest BCUT2D eigenvalue weighted by atomic mass is 14.9. The van der Waals surface area contributed by atoms with Gasteiger partial charge in [-0.25, -0.2) is 9.97 Å². The Bertz CT molecular complexity index is 607. The van der Waals surface area contributed by atoms with Crippen molar-refractivity contribution >= 4 is 0 Å². The van der Waals surface area contributed by atoms with Crippen molar-refractivity contribution in [2.75, 3.05) is 6.54 Å². The predicted octanol–water partition coefficient (Wildman–Crippen LogP) is 3.31. The fourth-order valence-electron chi connectivity index (χ4n) is 2.50. The van der Waals surface area contributed by atoms with E-state index < -0.39 is 0 Å². The SMILES string of the molecule is Cc1cc(C)c(-c2ccnc(C(C)(C)CN)n2)c(C)c1. The summed E-state index contributed by atoms with van der Waals surface area (Å²) >= 11 is 0. The number of rotatable bonds is 3. The maximum atomic E-state index is 5.83. The minimum Gasteiger partial charge on any atom is -0.329 e. The van der Waals surface area contributed by atoms with Gasteiger partial charge in [0.1, 0.15) is 5.82 Å². The molecule has 0 aliphatic rings. The fraction of sp³-hybridized carbons (Fsp3) is 0.412. The molecule has 3 heteroatoms. The molecular formula is C17H23N3. The van der Waals surface area contributed by atoms with Gasteiger partial charge in [0.05, 0.1) is 5.69 Å². The van der Waals surface area contributed by atoms with Crippen molar-refractivity contribution in [3.05, 3.63) is 46.9 Å². The maximum Gasteiger partial charge on any atom is 0.135 e. The monoisotopic (exact) mass is 269 g/mol. The van der Waals surface area contributed by atoms with E-state index in [9.17, 15) is 0 Å². The summed E-state index contributed by atoms with van der Waals surface area (Å²) in [6.07, 6.45) is 1.83. The van der Waals surface area contributed by atoms with Crippen molar-refractivity contribution in [3.8, 4) is 11.3 Å². The van der Waals surface area contributed by atoms with E-state index in [0.717, 1.165) is 11.5 Å². The van der Waals surface area contributed by atoms with E-state index in [4.69, 9.17) is 10.7 Å². The zero-order valence-corrected chi connectivity index (χ0v) is 13.0. The Morgan fingerprint density at radius 2 is 1.70 bits per heavy atom. The van der Waals surface area contributed by atoms with E-state index in [1.807, 2.05) is 12.3 Å². The first-order chi connectivity index (χ1) is 9.35. The number of aromatic nitrogens is 2. The lowest BCUT2D eigenvalue weighted by molar-refractivity contribution is 0.503.